The quantitative estimate of drug-likeness (QED) is 0.613. The molecule has 0 aliphatic rings. The van der Waals surface area contributed by atoms with Crippen LogP contribution in [0.4, 0.5) is 5.88 Å². The highest BCUT2D eigenvalue weighted by Crippen LogP contribution is 2.29. The summed E-state index contributed by atoms with van der Waals surface area (Å²) in [6.07, 6.45) is 1.53. The van der Waals surface area contributed by atoms with Gasteiger partial charge in [-0.3, -0.25) is 14.9 Å². The highest BCUT2D eigenvalue weighted by atomic mass is 32.2. The third kappa shape index (κ3) is 6.74. The van der Waals surface area contributed by atoms with Gasteiger partial charge in [0, 0.05) is 25.5 Å². The molecule has 7 nitrogen and oxygen atoms in total. The fraction of sp³-hybridized carbons (Fsp3) is 0.722. The molecule has 1 rings (SSSR count). The summed E-state index contributed by atoms with van der Waals surface area (Å²) in [6.45, 7) is 11.2. The summed E-state index contributed by atoms with van der Waals surface area (Å²) in [5, 5.41) is 6.60. The molecule has 0 bridgehead atoms. The van der Waals surface area contributed by atoms with Crippen molar-refractivity contribution in [1.82, 2.24) is 5.16 Å². The Bertz CT molecular complexity index is 612. The molecule has 0 aromatic carbocycles. The number of amides is 1. The number of rotatable bonds is 10. The van der Waals surface area contributed by atoms with Gasteiger partial charge in [0.15, 0.2) is 11.4 Å². The van der Waals surface area contributed by atoms with Crippen LogP contribution in [0, 0.1) is 0 Å². The molecule has 0 radical (unpaired) electrons. The van der Waals surface area contributed by atoms with Crippen molar-refractivity contribution in [1.29, 1.82) is 0 Å². The van der Waals surface area contributed by atoms with Crippen LogP contribution in [-0.4, -0.2) is 40.9 Å². The Morgan fingerprint density at radius 3 is 2.54 bits per heavy atom. The van der Waals surface area contributed by atoms with Gasteiger partial charge in [-0.05, 0) is 20.3 Å². The lowest BCUT2D eigenvalue weighted by Gasteiger charge is -2.25. The average molecular weight is 387 g/mol. The molecule has 0 fully saturated rings. The van der Waals surface area contributed by atoms with Crippen LogP contribution in [0.5, 0.6) is 0 Å². The minimum Gasteiger partial charge on any atom is -0.356 e. The second kappa shape index (κ2) is 9.53. The Morgan fingerprint density at radius 1 is 1.35 bits per heavy atom. The second-order valence-corrected chi connectivity index (χ2v) is 9.08. The van der Waals surface area contributed by atoms with Gasteiger partial charge in [0.1, 0.15) is 0 Å². The van der Waals surface area contributed by atoms with Crippen molar-refractivity contribution in [3.05, 3.63) is 11.8 Å². The number of carbonyl (C=O) groups is 2. The molecule has 1 unspecified atom stereocenters. The number of hydrogen-bond donors (Lipinski definition) is 1. The van der Waals surface area contributed by atoms with E-state index in [1.54, 1.807) is 27.0 Å². The molecule has 1 heterocycles. The van der Waals surface area contributed by atoms with E-state index in [-0.39, 0.29) is 23.2 Å². The Hall–Kier alpha value is -1.38. The molecular formula is C18H30N2O5S. The Labute approximate surface area is 159 Å². The van der Waals surface area contributed by atoms with Crippen LogP contribution in [0.3, 0.4) is 0 Å². The maximum absolute atomic E-state index is 12.3. The van der Waals surface area contributed by atoms with Gasteiger partial charge >= 0.3 is 0 Å². The maximum atomic E-state index is 12.3. The molecule has 148 valence electrons. The van der Waals surface area contributed by atoms with Gasteiger partial charge in [-0.15, -0.1) is 0 Å². The topological polar surface area (TPSA) is 90.7 Å². The zero-order valence-electron chi connectivity index (χ0n) is 16.7. The first-order valence-electron chi connectivity index (χ1n) is 8.64. The van der Waals surface area contributed by atoms with E-state index in [1.807, 2.05) is 13.8 Å². The van der Waals surface area contributed by atoms with Gasteiger partial charge in [0.2, 0.25) is 11.8 Å². The van der Waals surface area contributed by atoms with Crippen LogP contribution >= 0.6 is 11.8 Å². The Balaban J connectivity index is 2.73. The van der Waals surface area contributed by atoms with Crippen molar-refractivity contribution in [3.8, 4) is 0 Å². The maximum Gasteiger partial charge on any atom is 0.242 e. The van der Waals surface area contributed by atoms with Gasteiger partial charge in [0.25, 0.3) is 0 Å². The summed E-state index contributed by atoms with van der Waals surface area (Å²) in [5.74, 6) is -0.0796. The summed E-state index contributed by atoms with van der Waals surface area (Å²) < 4.78 is 15.4. The minimum absolute atomic E-state index is 0.124. The minimum atomic E-state index is -0.900. The normalized spacial score (nSPS) is 13.5. The number of hydrogen-bond acceptors (Lipinski definition) is 7. The van der Waals surface area contributed by atoms with E-state index in [9.17, 15) is 9.59 Å². The van der Waals surface area contributed by atoms with Crippen molar-refractivity contribution < 1.29 is 23.6 Å². The number of carbonyl (C=O) groups excluding carboxylic acids is 2. The van der Waals surface area contributed by atoms with Gasteiger partial charge < -0.3 is 14.0 Å². The zero-order valence-corrected chi connectivity index (χ0v) is 17.5. The van der Waals surface area contributed by atoms with Crippen molar-refractivity contribution in [2.75, 3.05) is 19.0 Å². The van der Waals surface area contributed by atoms with Gasteiger partial charge in [-0.1, -0.05) is 44.1 Å². The van der Waals surface area contributed by atoms with E-state index in [0.29, 0.717) is 12.3 Å². The number of nitrogens with zero attached hydrogens (tertiary/aromatic N) is 1. The number of nitrogens with one attached hydrogen (secondary N) is 1. The van der Waals surface area contributed by atoms with Gasteiger partial charge in [0.05, 0.1) is 17.0 Å². The molecular weight excluding hydrogens is 356 g/mol. The van der Waals surface area contributed by atoms with Gasteiger partial charge in [-0.25, -0.2) is 0 Å². The highest BCUT2D eigenvalue weighted by molar-refractivity contribution is 8.15. The van der Waals surface area contributed by atoms with E-state index in [1.165, 1.54) is 6.92 Å². The number of aromatic nitrogens is 1. The largest absolute Gasteiger partial charge is 0.356 e. The lowest BCUT2D eigenvalue weighted by atomic mass is 9.90. The van der Waals surface area contributed by atoms with E-state index in [2.05, 4.69) is 17.4 Å². The molecule has 1 atom stereocenters. The first-order chi connectivity index (χ1) is 12.0. The molecule has 26 heavy (non-hydrogen) atoms. The number of thioether (sulfide) groups is 1. The third-order valence-electron chi connectivity index (χ3n) is 3.80. The molecule has 0 spiro atoms. The van der Waals surface area contributed by atoms with E-state index < -0.39 is 10.2 Å². The van der Waals surface area contributed by atoms with Crippen LogP contribution in [0.25, 0.3) is 0 Å². The standard InChI is InChI=1S/C18H30N2O5S/c1-8-9-15(23-7)24-11-17(3,4)13-10-14(25-20-13)19-16(22)18(5,6)26-12(2)21/h10,15H,8-9,11H2,1-7H3,(H,19,22). The molecule has 8 heteroatoms. The molecule has 0 saturated heterocycles. The van der Waals surface area contributed by atoms with E-state index in [4.69, 9.17) is 14.0 Å². The smallest absolute Gasteiger partial charge is 0.242 e. The molecule has 0 aliphatic heterocycles. The molecule has 1 amide bonds. The Morgan fingerprint density at radius 2 is 2.00 bits per heavy atom. The highest BCUT2D eigenvalue weighted by Gasteiger charge is 2.32. The van der Waals surface area contributed by atoms with Crippen molar-refractivity contribution in [2.24, 2.45) is 0 Å². The van der Waals surface area contributed by atoms with Crippen LogP contribution in [-0.2, 0) is 24.5 Å². The average Bonchev–Trinajstić information content (AvgIpc) is 2.99. The van der Waals surface area contributed by atoms with Crippen molar-refractivity contribution >= 4 is 28.7 Å². The van der Waals surface area contributed by atoms with Crippen LogP contribution in [0.15, 0.2) is 10.6 Å². The molecule has 0 saturated carbocycles. The molecule has 1 aromatic rings. The molecule has 1 aromatic heterocycles. The molecule has 0 aliphatic carbocycles. The third-order valence-corrected chi connectivity index (χ3v) is 4.79. The van der Waals surface area contributed by atoms with E-state index >= 15 is 0 Å². The number of methoxy groups -OCH3 is 1. The van der Waals surface area contributed by atoms with Crippen LogP contribution in [0.2, 0.25) is 0 Å². The summed E-state index contributed by atoms with van der Waals surface area (Å²) in [6, 6.07) is 1.68. The second-order valence-electron chi connectivity index (χ2n) is 7.28. The number of anilines is 1. The predicted octanol–water partition coefficient (Wildman–Crippen LogP) is 3.74. The van der Waals surface area contributed by atoms with Crippen molar-refractivity contribution in [3.63, 3.8) is 0 Å². The van der Waals surface area contributed by atoms with Crippen molar-refractivity contribution in [2.45, 2.75) is 70.8 Å². The summed E-state index contributed by atoms with van der Waals surface area (Å²) in [4.78, 5) is 23.6. The summed E-state index contributed by atoms with van der Waals surface area (Å²) in [5.41, 5.74) is 0.247. The number of ether oxygens (including phenoxy) is 2. The monoisotopic (exact) mass is 386 g/mol. The van der Waals surface area contributed by atoms with Crippen LogP contribution < -0.4 is 5.32 Å². The summed E-state index contributed by atoms with van der Waals surface area (Å²) in [7, 11) is 1.62. The SMILES string of the molecule is CCCC(OC)OCC(C)(C)c1cc(NC(=O)C(C)(C)SC(C)=O)on1. The lowest BCUT2D eigenvalue weighted by molar-refractivity contribution is -0.137. The zero-order chi connectivity index (χ0) is 20.0. The predicted molar refractivity (Wildman–Crippen MR) is 102 cm³/mol. The van der Waals surface area contributed by atoms with E-state index in [0.717, 1.165) is 24.6 Å². The Kier molecular flexibility index (Phi) is 8.30. The fourth-order valence-corrected chi connectivity index (χ4v) is 3.06. The first kappa shape index (κ1) is 22.7. The fourth-order valence-electron chi connectivity index (χ4n) is 2.20. The summed E-state index contributed by atoms with van der Waals surface area (Å²) >= 11 is 0.968. The molecule has 1 N–H and O–H groups in total. The lowest BCUT2D eigenvalue weighted by Crippen LogP contribution is -2.34. The van der Waals surface area contributed by atoms with Gasteiger partial charge in [-0.2, -0.15) is 0 Å². The first-order valence-corrected chi connectivity index (χ1v) is 9.46. The van der Waals surface area contributed by atoms with Crippen LogP contribution in [0.1, 0.15) is 60.1 Å².